The molecular formula is C16H13F3N2O2. The van der Waals surface area contributed by atoms with Gasteiger partial charge in [-0.1, -0.05) is 6.07 Å². The molecule has 1 fully saturated rings. The maximum absolute atomic E-state index is 12.9. The van der Waals surface area contributed by atoms with Crippen molar-refractivity contribution >= 4 is 5.78 Å². The Morgan fingerprint density at radius 3 is 2.52 bits per heavy atom. The van der Waals surface area contributed by atoms with Crippen LogP contribution < -0.4 is 0 Å². The molecule has 2 aromatic heterocycles. The fourth-order valence-electron chi connectivity index (χ4n) is 2.90. The van der Waals surface area contributed by atoms with Gasteiger partial charge in [-0.3, -0.25) is 14.8 Å². The molecule has 1 atom stereocenters. The molecule has 4 nitrogen and oxygen atoms in total. The van der Waals surface area contributed by atoms with Crippen LogP contribution in [0.15, 0.2) is 42.9 Å². The van der Waals surface area contributed by atoms with Gasteiger partial charge in [0.25, 0.3) is 0 Å². The van der Waals surface area contributed by atoms with Gasteiger partial charge in [0.1, 0.15) is 11.9 Å². The lowest BCUT2D eigenvalue weighted by Crippen LogP contribution is -2.47. The lowest BCUT2D eigenvalue weighted by atomic mass is 9.60. The van der Waals surface area contributed by atoms with Gasteiger partial charge in [0.05, 0.1) is 11.3 Å². The molecule has 23 heavy (non-hydrogen) atoms. The zero-order chi connectivity index (χ0) is 16.7. The van der Waals surface area contributed by atoms with Crippen LogP contribution >= 0.6 is 0 Å². The van der Waals surface area contributed by atoms with Crippen molar-refractivity contribution in [2.24, 2.45) is 0 Å². The third-order valence-corrected chi connectivity index (χ3v) is 4.16. The van der Waals surface area contributed by atoms with Gasteiger partial charge in [-0.05, 0) is 23.8 Å². The average Bonchev–Trinajstić information content (AvgIpc) is 2.51. The number of pyridine rings is 2. The second-order valence-electron chi connectivity index (χ2n) is 5.67. The molecule has 0 aliphatic heterocycles. The second kappa shape index (κ2) is 5.42. The van der Waals surface area contributed by atoms with Crippen molar-refractivity contribution in [1.82, 2.24) is 9.97 Å². The summed E-state index contributed by atoms with van der Waals surface area (Å²) in [4.78, 5) is 19.2. The first-order valence-corrected chi connectivity index (χ1v) is 6.96. The van der Waals surface area contributed by atoms with E-state index in [9.17, 15) is 23.1 Å². The lowest BCUT2D eigenvalue weighted by molar-refractivity contribution is -0.138. The number of ketones is 1. The summed E-state index contributed by atoms with van der Waals surface area (Å²) in [6, 6.07) is 5.87. The van der Waals surface area contributed by atoms with E-state index in [1.165, 1.54) is 12.4 Å². The van der Waals surface area contributed by atoms with Crippen LogP contribution in [-0.4, -0.2) is 20.9 Å². The first kappa shape index (κ1) is 15.6. The Labute approximate surface area is 130 Å². The molecule has 0 radical (unpaired) electrons. The number of Topliss-reactive ketones (excluding diaryl/α,β-unsaturated/α-hetero) is 1. The van der Waals surface area contributed by atoms with E-state index in [-0.39, 0.29) is 24.2 Å². The molecule has 1 unspecified atom stereocenters. The van der Waals surface area contributed by atoms with E-state index >= 15 is 0 Å². The normalized spacial score (nSPS) is 18.3. The van der Waals surface area contributed by atoms with Crippen molar-refractivity contribution in [3.05, 3.63) is 59.7 Å². The van der Waals surface area contributed by atoms with Gasteiger partial charge < -0.3 is 5.11 Å². The topological polar surface area (TPSA) is 63.1 Å². The minimum Gasteiger partial charge on any atom is -0.386 e. The number of aliphatic hydroxyl groups excluding tert-OH is 1. The van der Waals surface area contributed by atoms with Crippen molar-refractivity contribution in [3.63, 3.8) is 0 Å². The van der Waals surface area contributed by atoms with Crippen LogP contribution in [0.2, 0.25) is 0 Å². The van der Waals surface area contributed by atoms with Crippen LogP contribution in [0.1, 0.15) is 35.8 Å². The summed E-state index contributed by atoms with van der Waals surface area (Å²) in [6.45, 7) is 0. The Morgan fingerprint density at radius 1 is 1.22 bits per heavy atom. The quantitative estimate of drug-likeness (QED) is 0.944. The fraction of sp³-hybridized carbons (Fsp3) is 0.312. The standard InChI is InChI=1S/C16H13F3N2O2/c17-16(18,19)11-5-10(8-20-9-11)15(6-12(22)7-15)14(23)13-3-1-2-4-21-13/h1-5,8-9,14,23H,6-7H2. The molecule has 2 aromatic rings. The van der Waals surface area contributed by atoms with E-state index in [0.717, 1.165) is 12.3 Å². The average molecular weight is 322 g/mol. The van der Waals surface area contributed by atoms with Gasteiger partial charge in [-0.25, -0.2) is 0 Å². The molecule has 1 N–H and O–H groups in total. The number of alkyl halides is 3. The van der Waals surface area contributed by atoms with Crippen LogP contribution in [0.3, 0.4) is 0 Å². The molecule has 0 aromatic carbocycles. The summed E-state index contributed by atoms with van der Waals surface area (Å²) in [6.07, 6.45) is -2.29. The number of halogens is 3. The molecule has 0 amide bonds. The Balaban J connectivity index is 2.04. The van der Waals surface area contributed by atoms with E-state index in [2.05, 4.69) is 9.97 Å². The van der Waals surface area contributed by atoms with Crippen LogP contribution in [0.5, 0.6) is 0 Å². The molecule has 0 bridgehead atoms. The molecule has 3 rings (SSSR count). The maximum atomic E-state index is 12.9. The van der Waals surface area contributed by atoms with Crippen molar-refractivity contribution in [2.45, 2.75) is 30.5 Å². The summed E-state index contributed by atoms with van der Waals surface area (Å²) < 4.78 is 38.7. The minimum absolute atomic E-state index is 0.0340. The van der Waals surface area contributed by atoms with Gasteiger partial charge in [0.2, 0.25) is 0 Å². The number of hydrogen-bond donors (Lipinski definition) is 1. The Bertz CT molecular complexity index is 724. The highest BCUT2D eigenvalue weighted by atomic mass is 19.4. The van der Waals surface area contributed by atoms with Crippen molar-refractivity contribution in [1.29, 1.82) is 0 Å². The zero-order valence-electron chi connectivity index (χ0n) is 11.9. The summed E-state index contributed by atoms with van der Waals surface area (Å²) in [7, 11) is 0. The summed E-state index contributed by atoms with van der Waals surface area (Å²) in [5, 5.41) is 10.6. The highest BCUT2D eigenvalue weighted by Crippen LogP contribution is 2.50. The summed E-state index contributed by atoms with van der Waals surface area (Å²) in [5.41, 5.74) is -1.50. The largest absolute Gasteiger partial charge is 0.417 e. The summed E-state index contributed by atoms with van der Waals surface area (Å²) in [5.74, 6) is -0.114. The van der Waals surface area contributed by atoms with E-state index in [0.29, 0.717) is 5.69 Å². The number of hydrogen-bond acceptors (Lipinski definition) is 4. The Kier molecular flexibility index (Phi) is 3.68. The first-order chi connectivity index (χ1) is 10.8. The number of carbonyl (C=O) groups is 1. The summed E-state index contributed by atoms with van der Waals surface area (Å²) >= 11 is 0. The van der Waals surface area contributed by atoms with Gasteiger partial charge in [0, 0.05) is 36.8 Å². The molecule has 0 saturated heterocycles. The minimum atomic E-state index is -4.53. The van der Waals surface area contributed by atoms with Crippen LogP contribution in [0, 0.1) is 0 Å². The van der Waals surface area contributed by atoms with Crippen LogP contribution in [0.25, 0.3) is 0 Å². The number of aromatic nitrogens is 2. The van der Waals surface area contributed by atoms with E-state index in [1.807, 2.05) is 0 Å². The van der Waals surface area contributed by atoms with Crippen molar-refractivity contribution in [3.8, 4) is 0 Å². The van der Waals surface area contributed by atoms with Crippen LogP contribution in [-0.2, 0) is 16.4 Å². The van der Waals surface area contributed by atoms with Crippen molar-refractivity contribution in [2.75, 3.05) is 0 Å². The molecule has 2 heterocycles. The highest BCUT2D eigenvalue weighted by Gasteiger charge is 2.52. The Morgan fingerprint density at radius 2 is 1.96 bits per heavy atom. The predicted octanol–water partition coefficient (Wildman–Crippen LogP) is 2.83. The Hall–Kier alpha value is -2.28. The maximum Gasteiger partial charge on any atom is 0.417 e. The van der Waals surface area contributed by atoms with E-state index in [4.69, 9.17) is 0 Å². The van der Waals surface area contributed by atoms with Crippen molar-refractivity contribution < 1.29 is 23.1 Å². The monoisotopic (exact) mass is 322 g/mol. The molecule has 120 valence electrons. The molecule has 1 saturated carbocycles. The fourth-order valence-corrected chi connectivity index (χ4v) is 2.90. The number of carbonyl (C=O) groups excluding carboxylic acids is 1. The second-order valence-corrected chi connectivity index (χ2v) is 5.67. The van der Waals surface area contributed by atoms with Gasteiger partial charge >= 0.3 is 6.18 Å². The molecule has 0 spiro atoms. The molecule has 1 aliphatic carbocycles. The molecule has 1 aliphatic rings. The van der Waals surface area contributed by atoms with Gasteiger partial charge in [-0.15, -0.1) is 0 Å². The van der Waals surface area contributed by atoms with Gasteiger partial charge in [0.15, 0.2) is 0 Å². The van der Waals surface area contributed by atoms with Gasteiger partial charge in [-0.2, -0.15) is 13.2 Å². The zero-order valence-corrected chi connectivity index (χ0v) is 11.9. The first-order valence-electron chi connectivity index (χ1n) is 6.96. The third-order valence-electron chi connectivity index (χ3n) is 4.16. The number of aliphatic hydroxyl groups is 1. The lowest BCUT2D eigenvalue weighted by Gasteiger charge is -2.44. The number of nitrogens with zero attached hydrogens (tertiary/aromatic N) is 2. The third kappa shape index (κ3) is 2.72. The molecule has 7 heteroatoms. The highest BCUT2D eigenvalue weighted by molar-refractivity contribution is 5.89. The van der Waals surface area contributed by atoms with Crippen LogP contribution in [0.4, 0.5) is 13.2 Å². The van der Waals surface area contributed by atoms with E-state index < -0.39 is 23.3 Å². The number of rotatable bonds is 3. The smallest absolute Gasteiger partial charge is 0.386 e. The predicted molar refractivity (Wildman–Crippen MR) is 74.4 cm³/mol. The molecular weight excluding hydrogens is 309 g/mol. The SMILES string of the molecule is O=C1CC(c2cncc(C(F)(F)F)c2)(C(O)c2ccccn2)C1. The van der Waals surface area contributed by atoms with E-state index in [1.54, 1.807) is 18.2 Å².